The molecule has 0 aliphatic rings. The van der Waals surface area contributed by atoms with Crippen molar-refractivity contribution in [3.63, 3.8) is 0 Å². The van der Waals surface area contributed by atoms with Gasteiger partial charge in [-0.15, -0.1) is 0 Å². The van der Waals surface area contributed by atoms with Gasteiger partial charge in [0.1, 0.15) is 6.61 Å². The van der Waals surface area contributed by atoms with E-state index in [1.165, 1.54) is 0 Å². The molecule has 0 spiro atoms. The van der Waals surface area contributed by atoms with Crippen molar-refractivity contribution in [1.29, 1.82) is 0 Å². The van der Waals surface area contributed by atoms with Gasteiger partial charge in [-0.1, -0.05) is 22.0 Å². The normalized spacial score (nSPS) is 10.2. The number of amides is 1. The van der Waals surface area contributed by atoms with Crippen molar-refractivity contribution >= 4 is 21.8 Å². The molecular formula is C11H15BrN2O2. The average Bonchev–Trinajstić information content (AvgIpc) is 2.23. The number of carbonyl (C=O) groups excluding carboxylic acids is 1. The van der Waals surface area contributed by atoms with E-state index in [9.17, 15) is 4.79 Å². The van der Waals surface area contributed by atoms with Gasteiger partial charge in [0.2, 0.25) is 0 Å². The largest absolute Gasteiger partial charge is 0.367 e. The summed E-state index contributed by atoms with van der Waals surface area (Å²) in [5, 5.41) is 0. The molecule has 5 heteroatoms. The second kappa shape index (κ2) is 6.62. The van der Waals surface area contributed by atoms with Crippen LogP contribution in [0.5, 0.6) is 0 Å². The molecule has 0 saturated carbocycles. The van der Waals surface area contributed by atoms with E-state index in [2.05, 4.69) is 26.8 Å². The lowest BCUT2D eigenvalue weighted by molar-refractivity contribution is -0.126. The van der Waals surface area contributed by atoms with Gasteiger partial charge in [-0.05, 0) is 30.2 Å². The lowest BCUT2D eigenvalue weighted by atomic mass is 10.1. The summed E-state index contributed by atoms with van der Waals surface area (Å²) in [5.41, 5.74) is 7.21. The number of carbonyl (C=O) groups is 1. The van der Waals surface area contributed by atoms with E-state index >= 15 is 0 Å². The van der Waals surface area contributed by atoms with Crippen molar-refractivity contribution in [2.45, 2.75) is 13.5 Å². The molecule has 0 aromatic heterocycles. The Morgan fingerprint density at radius 3 is 2.94 bits per heavy atom. The predicted molar refractivity (Wildman–Crippen MR) is 65.7 cm³/mol. The zero-order valence-electron chi connectivity index (χ0n) is 9.34. The van der Waals surface area contributed by atoms with Gasteiger partial charge in [0.15, 0.2) is 0 Å². The third-order valence-electron chi connectivity index (χ3n) is 2.07. The van der Waals surface area contributed by atoms with Gasteiger partial charge < -0.3 is 4.74 Å². The summed E-state index contributed by atoms with van der Waals surface area (Å²) < 4.78 is 6.31. The van der Waals surface area contributed by atoms with Crippen LogP contribution >= 0.6 is 15.9 Å². The number of hydrazine groups is 1. The van der Waals surface area contributed by atoms with Crippen molar-refractivity contribution in [2.24, 2.45) is 0 Å². The number of rotatable bonds is 5. The summed E-state index contributed by atoms with van der Waals surface area (Å²) in [6.07, 6.45) is 0. The Labute approximate surface area is 103 Å². The van der Waals surface area contributed by atoms with E-state index in [1.54, 1.807) is 7.05 Å². The van der Waals surface area contributed by atoms with Gasteiger partial charge >= 0.3 is 0 Å². The molecule has 0 saturated heterocycles. The van der Waals surface area contributed by atoms with E-state index in [4.69, 9.17) is 4.74 Å². The number of hydrogen-bond acceptors (Lipinski definition) is 3. The number of benzene rings is 1. The second-order valence-corrected chi connectivity index (χ2v) is 4.28. The van der Waals surface area contributed by atoms with Gasteiger partial charge in [-0.3, -0.25) is 10.2 Å². The fraction of sp³-hybridized carbons (Fsp3) is 0.364. The molecular weight excluding hydrogens is 272 g/mol. The first-order valence-corrected chi connectivity index (χ1v) is 5.71. The van der Waals surface area contributed by atoms with E-state index in [1.807, 2.05) is 25.1 Å². The highest BCUT2D eigenvalue weighted by atomic mass is 79.9. The Bertz CT molecular complexity index is 369. The number of aryl methyl sites for hydroxylation is 1. The van der Waals surface area contributed by atoms with Crippen LogP contribution in [0.1, 0.15) is 11.1 Å². The summed E-state index contributed by atoms with van der Waals surface area (Å²) >= 11 is 3.40. The highest BCUT2D eigenvalue weighted by Crippen LogP contribution is 2.16. The molecule has 2 N–H and O–H groups in total. The monoisotopic (exact) mass is 286 g/mol. The van der Waals surface area contributed by atoms with Crippen molar-refractivity contribution in [1.82, 2.24) is 10.9 Å². The maximum atomic E-state index is 11.1. The van der Waals surface area contributed by atoms with Crippen molar-refractivity contribution in [3.8, 4) is 0 Å². The van der Waals surface area contributed by atoms with Gasteiger partial charge in [-0.2, -0.15) is 0 Å². The van der Waals surface area contributed by atoms with Crippen LogP contribution in [0.25, 0.3) is 0 Å². The predicted octanol–water partition coefficient (Wildman–Crippen LogP) is 1.52. The number of nitrogens with one attached hydrogen (secondary N) is 2. The number of halogens is 1. The SMILES string of the molecule is CNNC(=O)COCc1cc(Br)ccc1C. The van der Waals surface area contributed by atoms with Crippen LogP contribution in [0.15, 0.2) is 22.7 Å². The first-order chi connectivity index (χ1) is 7.63. The Kier molecular flexibility index (Phi) is 5.45. The van der Waals surface area contributed by atoms with Crippen LogP contribution in [0.4, 0.5) is 0 Å². The van der Waals surface area contributed by atoms with E-state index in [0.29, 0.717) is 6.61 Å². The molecule has 1 amide bonds. The molecule has 1 aromatic rings. The highest BCUT2D eigenvalue weighted by molar-refractivity contribution is 9.10. The average molecular weight is 287 g/mol. The first-order valence-electron chi connectivity index (χ1n) is 4.92. The number of hydrogen-bond donors (Lipinski definition) is 2. The molecule has 0 aliphatic heterocycles. The van der Waals surface area contributed by atoms with Crippen LogP contribution in [0, 0.1) is 6.92 Å². The van der Waals surface area contributed by atoms with Crippen LogP contribution < -0.4 is 10.9 Å². The lowest BCUT2D eigenvalue weighted by Crippen LogP contribution is -2.36. The Morgan fingerprint density at radius 2 is 2.25 bits per heavy atom. The molecule has 0 radical (unpaired) electrons. The Morgan fingerprint density at radius 1 is 1.50 bits per heavy atom. The molecule has 0 bridgehead atoms. The first kappa shape index (κ1) is 13.2. The van der Waals surface area contributed by atoms with E-state index in [0.717, 1.165) is 15.6 Å². The van der Waals surface area contributed by atoms with Gasteiger partial charge in [0, 0.05) is 11.5 Å². The summed E-state index contributed by atoms with van der Waals surface area (Å²) in [6, 6.07) is 5.98. The molecule has 0 fully saturated rings. The minimum Gasteiger partial charge on any atom is -0.367 e. The fourth-order valence-corrected chi connectivity index (χ4v) is 1.63. The van der Waals surface area contributed by atoms with E-state index < -0.39 is 0 Å². The molecule has 1 aromatic carbocycles. The number of ether oxygens (including phenoxy) is 1. The molecule has 0 aliphatic carbocycles. The zero-order chi connectivity index (χ0) is 12.0. The van der Waals surface area contributed by atoms with Crippen molar-refractivity contribution in [2.75, 3.05) is 13.7 Å². The molecule has 16 heavy (non-hydrogen) atoms. The Balaban J connectivity index is 2.42. The van der Waals surface area contributed by atoms with Gasteiger partial charge in [-0.25, -0.2) is 5.43 Å². The summed E-state index contributed by atoms with van der Waals surface area (Å²) in [7, 11) is 1.64. The van der Waals surface area contributed by atoms with Gasteiger partial charge in [0.05, 0.1) is 6.61 Å². The highest BCUT2D eigenvalue weighted by Gasteiger charge is 2.02. The smallest absolute Gasteiger partial charge is 0.260 e. The van der Waals surface area contributed by atoms with Gasteiger partial charge in [0.25, 0.3) is 5.91 Å². The minimum absolute atomic E-state index is 0.0484. The maximum absolute atomic E-state index is 11.1. The van der Waals surface area contributed by atoms with Crippen LogP contribution in [-0.4, -0.2) is 19.6 Å². The third-order valence-corrected chi connectivity index (χ3v) is 2.56. The maximum Gasteiger partial charge on any atom is 0.260 e. The third kappa shape index (κ3) is 4.30. The summed E-state index contributed by atoms with van der Waals surface area (Å²) in [5.74, 6) is -0.185. The zero-order valence-corrected chi connectivity index (χ0v) is 10.9. The molecule has 0 heterocycles. The Hall–Kier alpha value is -0.910. The van der Waals surface area contributed by atoms with Crippen LogP contribution in [-0.2, 0) is 16.1 Å². The van der Waals surface area contributed by atoms with Crippen LogP contribution in [0.2, 0.25) is 0 Å². The molecule has 88 valence electrons. The lowest BCUT2D eigenvalue weighted by Gasteiger charge is -2.08. The molecule has 1 rings (SSSR count). The quantitative estimate of drug-likeness (QED) is 0.807. The second-order valence-electron chi connectivity index (χ2n) is 3.36. The van der Waals surface area contributed by atoms with Crippen molar-refractivity contribution < 1.29 is 9.53 Å². The minimum atomic E-state index is -0.185. The molecule has 4 nitrogen and oxygen atoms in total. The summed E-state index contributed by atoms with van der Waals surface area (Å²) in [4.78, 5) is 11.1. The standard InChI is InChI=1S/C11H15BrN2O2/c1-8-3-4-10(12)5-9(8)6-16-7-11(15)14-13-2/h3-5,13H,6-7H2,1-2H3,(H,14,15). The van der Waals surface area contributed by atoms with Crippen molar-refractivity contribution in [3.05, 3.63) is 33.8 Å². The fourth-order valence-electron chi connectivity index (χ4n) is 1.22. The van der Waals surface area contributed by atoms with E-state index in [-0.39, 0.29) is 12.5 Å². The topological polar surface area (TPSA) is 50.4 Å². The molecule has 0 atom stereocenters. The summed E-state index contributed by atoms with van der Waals surface area (Å²) in [6.45, 7) is 2.49. The van der Waals surface area contributed by atoms with Crippen LogP contribution in [0.3, 0.4) is 0 Å². The molecule has 0 unspecified atom stereocenters.